The molecule has 0 aliphatic rings. The summed E-state index contributed by atoms with van der Waals surface area (Å²) in [5.74, 6) is 0.376. The van der Waals surface area contributed by atoms with Crippen molar-refractivity contribution in [1.82, 2.24) is 9.88 Å². The van der Waals surface area contributed by atoms with Gasteiger partial charge in [0.1, 0.15) is 28.1 Å². The van der Waals surface area contributed by atoms with Crippen LogP contribution < -0.4 is 4.74 Å². The number of thiazole rings is 1. The molecule has 0 bridgehead atoms. The fourth-order valence-electron chi connectivity index (χ4n) is 2.82. The van der Waals surface area contributed by atoms with Crippen molar-refractivity contribution in [3.05, 3.63) is 81.1 Å². The zero-order valence-electron chi connectivity index (χ0n) is 16.2. The van der Waals surface area contributed by atoms with E-state index in [9.17, 15) is 9.18 Å². The highest BCUT2D eigenvalue weighted by Crippen LogP contribution is 2.23. The summed E-state index contributed by atoms with van der Waals surface area (Å²) < 4.78 is 19.2. The molecule has 28 heavy (non-hydrogen) atoms. The van der Waals surface area contributed by atoms with Crippen LogP contribution in [0, 0.1) is 19.7 Å². The average molecular weight is 399 g/mol. The summed E-state index contributed by atoms with van der Waals surface area (Å²) in [4.78, 5) is 19.8. The van der Waals surface area contributed by atoms with Crippen molar-refractivity contribution in [1.29, 1.82) is 0 Å². The number of aryl methyl sites for hydroxylation is 2. The van der Waals surface area contributed by atoms with E-state index in [4.69, 9.17) is 4.74 Å². The van der Waals surface area contributed by atoms with E-state index >= 15 is 0 Å². The molecule has 0 saturated heterocycles. The third kappa shape index (κ3) is 4.95. The number of ether oxygens (including phenoxy) is 1. The van der Waals surface area contributed by atoms with Gasteiger partial charge in [-0.1, -0.05) is 29.8 Å². The van der Waals surface area contributed by atoms with E-state index in [1.807, 2.05) is 51.1 Å². The molecular weight excluding hydrogens is 375 g/mol. The third-order valence-corrected chi connectivity index (χ3v) is 5.47. The number of carbonyl (C=O) groups excluding carboxylic acids is 1. The highest BCUT2D eigenvalue weighted by Gasteiger charge is 2.21. The minimum Gasteiger partial charge on any atom is -0.486 e. The fourth-order valence-corrected chi connectivity index (χ4v) is 3.76. The minimum atomic E-state index is -0.300. The van der Waals surface area contributed by atoms with Crippen LogP contribution in [0.2, 0.25) is 0 Å². The molecule has 4 nitrogen and oxygen atoms in total. The number of hydrogen-bond acceptors (Lipinski definition) is 4. The lowest BCUT2D eigenvalue weighted by atomic mass is 10.2. The normalized spacial score (nSPS) is 10.7. The predicted octanol–water partition coefficient (Wildman–Crippen LogP) is 5.14. The summed E-state index contributed by atoms with van der Waals surface area (Å²) >= 11 is 1.35. The van der Waals surface area contributed by atoms with E-state index in [0.29, 0.717) is 30.3 Å². The molecule has 1 heterocycles. The van der Waals surface area contributed by atoms with Crippen LogP contribution in [-0.4, -0.2) is 22.3 Å². The maximum absolute atomic E-state index is 13.4. The smallest absolute Gasteiger partial charge is 0.266 e. The van der Waals surface area contributed by atoms with E-state index in [1.165, 1.54) is 29.0 Å². The Morgan fingerprint density at radius 3 is 2.61 bits per heavy atom. The Bertz CT molecular complexity index is 953. The summed E-state index contributed by atoms with van der Waals surface area (Å²) in [7, 11) is 0. The van der Waals surface area contributed by atoms with Crippen molar-refractivity contribution in [3.8, 4) is 5.75 Å². The molecule has 3 rings (SSSR count). The molecule has 2 aromatic carbocycles. The number of benzene rings is 2. The Balaban J connectivity index is 1.69. The lowest BCUT2D eigenvalue weighted by Gasteiger charge is -2.20. The highest BCUT2D eigenvalue weighted by molar-refractivity contribution is 7.13. The van der Waals surface area contributed by atoms with E-state index in [0.717, 1.165) is 16.3 Å². The van der Waals surface area contributed by atoms with Crippen LogP contribution in [0.1, 0.15) is 38.4 Å². The first-order valence-electron chi connectivity index (χ1n) is 9.15. The van der Waals surface area contributed by atoms with Gasteiger partial charge in [0.15, 0.2) is 0 Å². The van der Waals surface area contributed by atoms with E-state index in [1.54, 1.807) is 11.0 Å². The third-order valence-electron chi connectivity index (χ3n) is 4.35. The van der Waals surface area contributed by atoms with Gasteiger partial charge in [0.2, 0.25) is 0 Å². The Kier molecular flexibility index (Phi) is 6.41. The summed E-state index contributed by atoms with van der Waals surface area (Å²) in [5.41, 5.74) is 2.62. The van der Waals surface area contributed by atoms with Gasteiger partial charge in [0.25, 0.3) is 5.91 Å². The predicted molar refractivity (Wildman–Crippen MR) is 109 cm³/mol. The summed E-state index contributed by atoms with van der Waals surface area (Å²) in [6, 6.07) is 14.1. The summed E-state index contributed by atoms with van der Waals surface area (Å²) in [6.45, 7) is 6.97. The molecule has 3 aromatic rings. The molecule has 0 atom stereocenters. The Morgan fingerprint density at radius 2 is 1.93 bits per heavy atom. The van der Waals surface area contributed by atoms with Crippen LogP contribution >= 0.6 is 11.3 Å². The highest BCUT2D eigenvalue weighted by atomic mass is 32.1. The number of aromatic nitrogens is 1. The molecule has 0 radical (unpaired) electrons. The molecule has 146 valence electrons. The first-order valence-corrected chi connectivity index (χ1v) is 9.97. The van der Waals surface area contributed by atoms with Crippen LogP contribution in [-0.2, 0) is 13.2 Å². The zero-order valence-corrected chi connectivity index (χ0v) is 17.1. The average Bonchev–Trinajstić information content (AvgIpc) is 3.06. The second-order valence-corrected chi connectivity index (χ2v) is 7.66. The van der Waals surface area contributed by atoms with Crippen LogP contribution in [0.5, 0.6) is 5.75 Å². The van der Waals surface area contributed by atoms with Gasteiger partial charge >= 0.3 is 0 Å². The van der Waals surface area contributed by atoms with Crippen molar-refractivity contribution < 1.29 is 13.9 Å². The van der Waals surface area contributed by atoms with Gasteiger partial charge in [0, 0.05) is 13.1 Å². The molecule has 0 aliphatic heterocycles. The van der Waals surface area contributed by atoms with Gasteiger partial charge < -0.3 is 9.64 Å². The van der Waals surface area contributed by atoms with Crippen LogP contribution in [0.15, 0.2) is 48.5 Å². The second kappa shape index (κ2) is 8.97. The van der Waals surface area contributed by atoms with Crippen molar-refractivity contribution >= 4 is 17.2 Å². The molecule has 6 heteroatoms. The topological polar surface area (TPSA) is 42.4 Å². The molecule has 1 aromatic heterocycles. The Hall–Kier alpha value is -2.73. The number of amides is 1. The molecule has 0 aliphatic carbocycles. The quantitative estimate of drug-likeness (QED) is 0.553. The van der Waals surface area contributed by atoms with Crippen molar-refractivity contribution in [2.75, 3.05) is 6.54 Å². The lowest BCUT2D eigenvalue weighted by Crippen LogP contribution is -2.30. The van der Waals surface area contributed by atoms with Gasteiger partial charge in [-0.05, 0) is 50.6 Å². The van der Waals surface area contributed by atoms with Crippen molar-refractivity contribution in [2.24, 2.45) is 0 Å². The van der Waals surface area contributed by atoms with Gasteiger partial charge in [-0.3, -0.25) is 4.79 Å². The Morgan fingerprint density at radius 1 is 1.18 bits per heavy atom. The van der Waals surface area contributed by atoms with Gasteiger partial charge in [-0.2, -0.15) is 0 Å². The lowest BCUT2D eigenvalue weighted by molar-refractivity contribution is 0.0756. The first kappa shape index (κ1) is 20.0. The fraction of sp³-hybridized carbons (Fsp3) is 0.273. The van der Waals surface area contributed by atoms with Gasteiger partial charge in [-0.25, -0.2) is 9.37 Å². The Labute approximate surface area is 168 Å². The first-order chi connectivity index (χ1) is 13.5. The largest absolute Gasteiger partial charge is 0.486 e. The molecule has 0 fully saturated rings. The maximum atomic E-state index is 13.4. The van der Waals surface area contributed by atoms with Crippen LogP contribution in [0.25, 0.3) is 0 Å². The number of halogens is 1. The minimum absolute atomic E-state index is 0.0941. The molecule has 0 N–H and O–H groups in total. The van der Waals surface area contributed by atoms with Crippen LogP contribution in [0.3, 0.4) is 0 Å². The SMILES string of the molecule is CCN(Cc1cccc(F)c1)C(=O)c1sc(COc2ccc(C)cc2)nc1C. The van der Waals surface area contributed by atoms with E-state index < -0.39 is 0 Å². The zero-order chi connectivity index (χ0) is 20.1. The summed E-state index contributed by atoms with van der Waals surface area (Å²) in [6.07, 6.45) is 0. The number of rotatable bonds is 7. The standard InChI is InChI=1S/C22H23FN2O2S/c1-4-25(13-17-6-5-7-18(23)12-17)22(26)21-16(3)24-20(28-21)14-27-19-10-8-15(2)9-11-19/h5-12H,4,13-14H2,1-3H3. The second-order valence-electron chi connectivity index (χ2n) is 6.57. The monoisotopic (exact) mass is 398 g/mol. The van der Waals surface area contributed by atoms with E-state index in [-0.39, 0.29) is 11.7 Å². The summed E-state index contributed by atoms with van der Waals surface area (Å²) in [5, 5.41) is 0.753. The number of nitrogens with zero attached hydrogens (tertiary/aromatic N) is 2. The number of hydrogen-bond donors (Lipinski definition) is 0. The van der Waals surface area contributed by atoms with Crippen LogP contribution in [0.4, 0.5) is 4.39 Å². The van der Waals surface area contributed by atoms with Gasteiger partial charge in [0.05, 0.1) is 5.69 Å². The maximum Gasteiger partial charge on any atom is 0.266 e. The molecule has 0 saturated carbocycles. The molecular formula is C22H23FN2O2S. The molecule has 0 unspecified atom stereocenters. The van der Waals surface area contributed by atoms with E-state index in [2.05, 4.69) is 4.98 Å². The van der Waals surface area contributed by atoms with Crippen molar-refractivity contribution in [3.63, 3.8) is 0 Å². The number of carbonyl (C=O) groups is 1. The molecule has 0 spiro atoms. The van der Waals surface area contributed by atoms with Gasteiger partial charge in [-0.15, -0.1) is 11.3 Å². The molecule has 1 amide bonds. The van der Waals surface area contributed by atoms with Crippen molar-refractivity contribution in [2.45, 2.75) is 33.9 Å².